The number of nitrogens with one attached hydrogen (secondary N) is 1. The van der Waals surface area contributed by atoms with Crippen molar-refractivity contribution < 1.29 is 40.8 Å². The first kappa shape index (κ1) is 30.7. The van der Waals surface area contributed by atoms with Crippen LogP contribution in [0, 0.1) is 0 Å². The van der Waals surface area contributed by atoms with Gasteiger partial charge in [-0.1, -0.05) is 41.0 Å². The van der Waals surface area contributed by atoms with E-state index in [-0.39, 0.29) is 21.9 Å². The lowest BCUT2D eigenvalue weighted by molar-refractivity contribution is -0.192. The lowest BCUT2D eigenvalue weighted by Gasteiger charge is -2.30. The van der Waals surface area contributed by atoms with Gasteiger partial charge in [0.05, 0.1) is 21.1 Å². The molecule has 3 heterocycles. The Bertz CT molecular complexity index is 1720. The SMILES string of the molecule is CS(=O)(=O)c1ccc(NC(=O)N2CCC(c3nc(-c4ccc5ccccc5n4)no3)CC2)c(Cl)c1.O=C(O)C(F)(F)F. The first-order valence-corrected chi connectivity index (χ1v) is 14.5. The van der Waals surface area contributed by atoms with E-state index in [0.29, 0.717) is 49.0 Å². The maximum atomic E-state index is 12.7. The van der Waals surface area contributed by atoms with Gasteiger partial charge in [-0.3, -0.25) is 0 Å². The molecule has 2 N–H and O–H groups in total. The maximum Gasteiger partial charge on any atom is 0.490 e. The summed E-state index contributed by atoms with van der Waals surface area (Å²) in [5, 5.41) is 15.2. The number of benzene rings is 2. The molecule has 2 aromatic carbocycles. The summed E-state index contributed by atoms with van der Waals surface area (Å²) >= 11 is 6.18. The number of alkyl halides is 3. The van der Waals surface area contributed by atoms with E-state index in [1.165, 1.54) is 18.2 Å². The van der Waals surface area contributed by atoms with E-state index >= 15 is 0 Å². The molecule has 1 saturated heterocycles. The molecule has 1 aliphatic heterocycles. The highest BCUT2D eigenvalue weighted by Crippen LogP contribution is 2.30. The van der Waals surface area contributed by atoms with Crippen molar-refractivity contribution in [1.82, 2.24) is 20.0 Å². The van der Waals surface area contributed by atoms with E-state index in [1.807, 2.05) is 36.4 Å². The molecule has 222 valence electrons. The van der Waals surface area contributed by atoms with Crippen molar-refractivity contribution in [3.05, 3.63) is 65.5 Å². The number of piperidine rings is 1. The molecule has 2 aromatic heterocycles. The Labute approximate surface area is 242 Å². The molecule has 5 rings (SSSR count). The Balaban J connectivity index is 0.000000517. The molecule has 2 amide bonds. The number of aromatic nitrogens is 3. The second-order valence-electron chi connectivity index (χ2n) is 9.25. The summed E-state index contributed by atoms with van der Waals surface area (Å²) in [6.45, 7) is 1.00. The molecule has 0 aliphatic carbocycles. The molecule has 0 bridgehead atoms. The summed E-state index contributed by atoms with van der Waals surface area (Å²) in [6.07, 6.45) is -2.65. The number of fused-ring (bicyclic) bond motifs is 1. The van der Waals surface area contributed by atoms with Crippen LogP contribution in [-0.4, -0.2) is 71.1 Å². The third kappa shape index (κ3) is 7.53. The number of pyridine rings is 1. The molecule has 11 nitrogen and oxygen atoms in total. The summed E-state index contributed by atoms with van der Waals surface area (Å²) in [4.78, 5) is 32.6. The van der Waals surface area contributed by atoms with Crippen molar-refractivity contribution in [2.45, 2.75) is 29.8 Å². The van der Waals surface area contributed by atoms with Crippen LogP contribution in [-0.2, 0) is 14.6 Å². The van der Waals surface area contributed by atoms with Crippen molar-refractivity contribution in [2.75, 3.05) is 24.7 Å². The summed E-state index contributed by atoms with van der Waals surface area (Å²) in [5.41, 5.74) is 1.87. The predicted molar refractivity (Wildman–Crippen MR) is 146 cm³/mol. The summed E-state index contributed by atoms with van der Waals surface area (Å²) < 4.78 is 60.6. The second kappa shape index (κ2) is 12.3. The topological polar surface area (TPSA) is 156 Å². The van der Waals surface area contributed by atoms with Gasteiger partial charge in [-0.25, -0.2) is 23.0 Å². The average Bonchev–Trinajstić information content (AvgIpc) is 3.44. The van der Waals surface area contributed by atoms with Crippen LogP contribution in [0.1, 0.15) is 24.7 Å². The number of sulfone groups is 1. The molecule has 0 atom stereocenters. The summed E-state index contributed by atoms with van der Waals surface area (Å²) in [5.74, 6) is -1.74. The average molecular weight is 626 g/mol. The Hall–Kier alpha value is -4.24. The number of carbonyl (C=O) groups excluding carboxylic acids is 1. The number of aliphatic carboxylic acids is 1. The van der Waals surface area contributed by atoms with Gasteiger partial charge in [-0.05, 0) is 43.2 Å². The zero-order valence-corrected chi connectivity index (χ0v) is 23.4. The molecule has 4 aromatic rings. The van der Waals surface area contributed by atoms with Gasteiger partial charge < -0.3 is 19.8 Å². The quantitative estimate of drug-likeness (QED) is 0.304. The van der Waals surface area contributed by atoms with Gasteiger partial charge in [0.25, 0.3) is 0 Å². The zero-order valence-electron chi connectivity index (χ0n) is 21.8. The number of para-hydroxylation sites is 1. The van der Waals surface area contributed by atoms with Crippen LogP contribution in [0.4, 0.5) is 23.7 Å². The van der Waals surface area contributed by atoms with Crippen LogP contribution in [0.15, 0.2) is 64.0 Å². The molecule has 16 heteroatoms. The Kier molecular flexibility index (Phi) is 9.01. The highest BCUT2D eigenvalue weighted by Gasteiger charge is 2.38. The molecule has 0 spiro atoms. The molecule has 0 radical (unpaired) electrons. The fraction of sp³-hybridized carbons (Fsp3) is 0.269. The number of rotatable bonds is 4. The third-order valence-corrected chi connectivity index (χ3v) is 7.68. The smallest absolute Gasteiger partial charge is 0.475 e. The fourth-order valence-corrected chi connectivity index (χ4v) is 4.99. The predicted octanol–water partition coefficient (Wildman–Crippen LogP) is 5.39. The van der Waals surface area contributed by atoms with Gasteiger partial charge in [0.1, 0.15) is 5.69 Å². The normalized spacial score (nSPS) is 14.3. The lowest BCUT2D eigenvalue weighted by atomic mass is 9.97. The number of amides is 2. The van der Waals surface area contributed by atoms with Gasteiger partial charge in [0.15, 0.2) is 9.84 Å². The number of anilines is 1. The third-order valence-electron chi connectivity index (χ3n) is 6.25. The number of urea groups is 1. The number of likely N-dealkylation sites (tertiary alicyclic amines) is 1. The first-order chi connectivity index (χ1) is 19.7. The van der Waals surface area contributed by atoms with E-state index in [0.717, 1.165) is 17.2 Å². The second-order valence-corrected chi connectivity index (χ2v) is 11.7. The minimum Gasteiger partial charge on any atom is -0.475 e. The van der Waals surface area contributed by atoms with E-state index < -0.39 is 22.0 Å². The molecule has 1 fully saturated rings. The van der Waals surface area contributed by atoms with Crippen molar-refractivity contribution in [3.63, 3.8) is 0 Å². The van der Waals surface area contributed by atoms with Gasteiger partial charge in [0.2, 0.25) is 11.7 Å². The largest absolute Gasteiger partial charge is 0.490 e. The van der Waals surface area contributed by atoms with Gasteiger partial charge in [-0.2, -0.15) is 18.2 Å². The maximum absolute atomic E-state index is 12.7. The van der Waals surface area contributed by atoms with E-state index in [2.05, 4.69) is 20.4 Å². The molecule has 1 aliphatic rings. The minimum absolute atomic E-state index is 0.0402. The summed E-state index contributed by atoms with van der Waals surface area (Å²) in [6, 6.07) is 15.6. The number of halogens is 4. The number of hydrogen-bond donors (Lipinski definition) is 2. The van der Waals surface area contributed by atoms with Crippen molar-refractivity contribution in [1.29, 1.82) is 0 Å². The Morgan fingerprint density at radius 3 is 2.36 bits per heavy atom. The van der Waals surface area contributed by atoms with E-state index in [9.17, 15) is 26.4 Å². The highest BCUT2D eigenvalue weighted by atomic mass is 35.5. The molecule has 42 heavy (non-hydrogen) atoms. The fourth-order valence-electron chi connectivity index (χ4n) is 4.05. The lowest BCUT2D eigenvalue weighted by Crippen LogP contribution is -2.40. The Morgan fingerprint density at radius 1 is 1.07 bits per heavy atom. The Morgan fingerprint density at radius 2 is 1.74 bits per heavy atom. The number of hydrogen-bond acceptors (Lipinski definition) is 8. The number of nitrogens with zero attached hydrogens (tertiary/aromatic N) is 4. The van der Waals surface area contributed by atoms with Gasteiger partial charge in [-0.15, -0.1) is 0 Å². The molecular formula is C26H23ClF3N5O6S. The minimum atomic E-state index is -5.08. The van der Waals surface area contributed by atoms with Gasteiger partial charge in [0, 0.05) is 30.6 Å². The zero-order chi connectivity index (χ0) is 30.7. The van der Waals surface area contributed by atoms with Crippen LogP contribution in [0.5, 0.6) is 0 Å². The van der Waals surface area contributed by atoms with Crippen LogP contribution in [0.3, 0.4) is 0 Å². The van der Waals surface area contributed by atoms with Crippen LogP contribution < -0.4 is 5.32 Å². The monoisotopic (exact) mass is 625 g/mol. The molecule has 0 unspecified atom stereocenters. The molecule has 0 saturated carbocycles. The first-order valence-electron chi connectivity index (χ1n) is 12.3. The summed E-state index contributed by atoms with van der Waals surface area (Å²) in [7, 11) is -3.38. The van der Waals surface area contributed by atoms with Crippen LogP contribution >= 0.6 is 11.6 Å². The van der Waals surface area contributed by atoms with Crippen molar-refractivity contribution >= 4 is 50.0 Å². The standard InChI is InChI=1S/C24H22ClN5O4S.C2HF3O2/c1-35(32,33)17-7-9-20(18(25)14-17)27-24(31)30-12-10-16(11-13-30)23-28-22(29-34-23)21-8-6-15-4-2-3-5-19(15)26-21;3-2(4,5)1(6)7/h2-9,14,16H,10-13H2,1H3,(H,27,31);(H,6,7). The molecular weight excluding hydrogens is 603 g/mol. The van der Waals surface area contributed by atoms with Crippen LogP contribution in [0.25, 0.3) is 22.4 Å². The van der Waals surface area contributed by atoms with Crippen molar-refractivity contribution in [2.24, 2.45) is 0 Å². The number of carboxylic acids is 1. The number of carboxylic acid groups (broad SMARTS) is 1. The number of carbonyl (C=O) groups is 2. The van der Waals surface area contributed by atoms with Crippen LogP contribution in [0.2, 0.25) is 5.02 Å². The highest BCUT2D eigenvalue weighted by molar-refractivity contribution is 7.90. The van der Waals surface area contributed by atoms with E-state index in [1.54, 1.807) is 4.90 Å². The van der Waals surface area contributed by atoms with E-state index in [4.69, 9.17) is 26.0 Å². The van der Waals surface area contributed by atoms with Gasteiger partial charge >= 0.3 is 18.2 Å². The van der Waals surface area contributed by atoms with Crippen molar-refractivity contribution in [3.8, 4) is 11.5 Å².